The molecule has 1 aromatic rings. The van der Waals surface area contributed by atoms with Crippen LogP contribution in [0, 0.1) is 0 Å². The van der Waals surface area contributed by atoms with Crippen LogP contribution in [0.25, 0.3) is 0 Å². The third-order valence-corrected chi connectivity index (χ3v) is 2.24. The van der Waals surface area contributed by atoms with Crippen molar-refractivity contribution in [1.82, 2.24) is 0 Å². The monoisotopic (exact) mass is 203 g/mol. The number of carbonyl (C=O) groups excluding carboxylic acids is 1. The van der Waals surface area contributed by atoms with Crippen molar-refractivity contribution in [3.8, 4) is 0 Å². The maximum absolute atomic E-state index is 10.6. The van der Waals surface area contributed by atoms with Crippen LogP contribution in [0.3, 0.4) is 0 Å². The van der Waals surface area contributed by atoms with Gasteiger partial charge in [0, 0.05) is 11.1 Å². The average Bonchev–Trinajstić information content (AvgIpc) is 2.59. The molecule has 2 rings (SSSR count). The first-order valence-electron chi connectivity index (χ1n) is 4.89. The fourth-order valence-corrected chi connectivity index (χ4v) is 1.48. The van der Waals surface area contributed by atoms with E-state index in [-0.39, 0.29) is 5.54 Å². The highest BCUT2D eigenvalue weighted by Crippen LogP contribution is 2.20. The Morgan fingerprint density at radius 2 is 2.27 bits per heavy atom. The van der Waals surface area contributed by atoms with Gasteiger partial charge in [0.05, 0.1) is 5.54 Å². The lowest BCUT2D eigenvalue weighted by Gasteiger charge is -2.07. The normalized spacial score (nSPS) is 18.1. The Bertz CT molecular complexity index is 421. The Kier molecular flexibility index (Phi) is 2.31. The van der Waals surface area contributed by atoms with Gasteiger partial charge in [0.15, 0.2) is 0 Å². The highest BCUT2D eigenvalue weighted by Gasteiger charge is 2.26. The van der Waals surface area contributed by atoms with E-state index in [1.54, 1.807) is 12.1 Å². The van der Waals surface area contributed by atoms with Crippen molar-refractivity contribution >= 4 is 12.2 Å². The van der Waals surface area contributed by atoms with E-state index in [0.717, 1.165) is 11.8 Å². The number of benzene rings is 1. The molecule has 1 aliphatic rings. The molecule has 0 bridgehead atoms. The van der Waals surface area contributed by atoms with Crippen molar-refractivity contribution in [2.75, 3.05) is 6.61 Å². The second-order valence-corrected chi connectivity index (χ2v) is 4.26. The smallest absolute Gasteiger partial charge is 0.216 e. The lowest BCUT2D eigenvalue weighted by molar-refractivity contribution is 0.112. The Hall–Kier alpha value is -1.64. The Labute approximate surface area is 88.8 Å². The van der Waals surface area contributed by atoms with Crippen LogP contribution in [0.1, 0.15) is 29.8 Å². The topological polar surface area (TPSA) is 38.7 Å². The maximum atomic E-state index is 10.6. The molecular formula is C12H13NO2. The molecule has 0 saturated heterocycles. The van der Waals surface area contributed by atoms with Gasteiger partial charge in [-0.25, -0.2) is 4.99 Å². The molecule has 0 fully saturated rings. The number of rotatable bonds is 2. The molecule has 3 nitrogen and oxygen atoms in total. The predicted molar refractivity (Wildman–Crippen MR) is 58.4 cm³/mol. The van der Waals surface area contributed by atoms with Crippen LogP contribution in [0.2, 0.25) is 0 Å². The molecule has 1 aliphatic heterocycles. The number of nitrogens with zero attached hydrogens (tertiary/aromatic N) is 1. The first-order valence-corrected chi connectivity index (χ1v) is 4.89. The zero-order valence-corrected chi connectivity index (χ0v) is 8.86. The summed E-state index contributed by atoms with van der Waals surface area (Å²) >= 11 is 0. The molecule has 0 spiro atoms. The van der Waals surface area contributed by atoms with Gasteiger partial charge in [0.2, 0.25) is 5.90 Å². The summed E-state index contributed by atoms with van der Waals surface area (Å²) in [6.07, 6.45) is 0.824. The van der Waals surface area contributed by atoms with Gasteiger partial charge in [0.1, 0.15) is 12.9 Å². The minimum absolute atomic E-state index is 0.160. The van der Waals surface area contributed by atoms with Gasteiger partial charge in [-0.1, -0.05) is 12.1 Å². The Morgan fingerprint density at radius 1 is 1.47 bits per heavy atom. The summed E-state index contributed by atoms with van der Waals surface area (Å²) in [5, 5.41) is 0. The third-order valence-electron chi connectivity index (χ3n) is 2.24. The van der Waals surface area contributed by atoms with E-state index in [4.69, 9.17) is 4.74 Å². The maximum Gasteiger partial charge on any atom is 0.216 e. The second-order valence-electron chi connectivity index (χ2n) is 4.26. The van der Waals surface area contributed by atoms with E-state index >= 15 is 0 Å². The summed E-state index contributed by atoms with van der Waals surface area (Å²) in [7, 11) is 0. The number of hydrogen-bond donors (Lipinski definition) is 0. The molecule has 15 heavy (non-hydrogen) atoms. The van der Waals surface area contributed by atoms with E-state index < -0.39 is 0 Å². The molecular weight excluding hydrogens is 190 g/mol. The summed E-state index contributed by atoms with van der Waals surface area (Å²) < 4.78 is 5.49. The number of aldehydes is 1. The van der Waals surface area contributed by atoms with Crippen molar-refractivity contribution in [3.05, 3.63) is 35.4 Å². The molecule has 0 unspecified atom stereocenters. The highest BCUT2D eigenvalue weighted by molar-refractivity contribution is 5.96. The van der Waals surface area contributed by atoms with Crippen molar-refractivity contribution in [1.29, 1.82) is 0 Å². The first kappa shape index (κ1) is 9.90. The minimum atomic E-state index is -0.160. The van der Waals surface area contributed by atoms with Crippen LogP contribution in [0.15, 0.2) is 29.3 Å². The number of carbonyl (C=O) groups is 1. The van der Waals surface area contributed by atoms with Crippen LogP contribution in [0.4, 0.5) is 0 Å². The quantitative estimate of drug-likeness (QED) is 0.690. The number of ether oxygens (including phenoxy) is 1. The molecule has 0 saturated carbocycles. The average molecular weight is 203 g/mol. The third kappa shape index (κ3) is 2.06. The predicted octanol–water partition coefficient (Wildman–Crippen LogP) is 2.05. The standard InChI is InChI=1S/C12H13NO2/c1-12(2)8-15-11(13-12)10-5-3-4-9(6-10)7-14/h3-7H,8H2,1-2H3. The fraction of sp³-hybridized carbons (Fsp3) is 0.333. The van der Waals surface area contributed by atoms with E-state index in [1.807, 2.05) is 26.0 Å². The van der Waals surface area contributed by atoms with Crippen LogP contribution in [-0.2, 0) is 4.74 Å². The van der Waals surface area contributed by atoms with Crippen LogP contribution in [0.5, 0.6) is 0 Å². The zero-order valence-electron chi connectivity index (χ0n) is 8.86. The minimum Gasteiger partial charge on any atom is -0.475 e. The summed E-state index contributed by atoms with van der Waals surface area (Å²) in [6.45, 7) is 4.63. The molecule has 0 aromatic heterocycles. The van der Waals surface area contributed by atoms with Gasteiger partial charge in [-0.05, 0) is 26.0 Å². The SMILES string of the molecule is CC1(C)COC(c2cccc(C=O)c2)=N1. The van der Waals surface area contributed by atoms with Crippen LogP contribution >= 0.6 is 0 Å². The van der Waals surface area contributed by atoms with Crippen LogP contribution < -0.4 is 0 Å². The largest absolute Gasteiger partial charge is 0.475 e. The highest BCUT2D eigenvalue weighted by atomic mass is 16.5. The van der Waals surface area contributed by atoms with E-state index in [0.29, 0.717) is 18.1 Å². The Balaban J connectivity index is 2.35. The van der Waals surface area contributed by atoms with Gasteiger partial charge in [0.25, 0.3) is 0 Å². The van der Waals surface area contributed by atoms with E-state index in [2.05, 4.69) is 4.99 Å². The zero-order chi connectivity index (χ0) is 10.9. The van der Waals surface area contributed by atoms with E-state index in [1.165, 1.54) is 0 Å². The molecule has 0 aliphatic carbocycles. The van der Waals surface area contributed by atoms with Gasteiger partial charge in [-0.2, -0.15) is 0 Å². The molecule has 1 heterocycles. The molecule has 0 atom stereocenters. The lowest BCUT2D eigenvalue weighted by atomic mass is 10.1. The van der Waals surface area contributed by atoms with Gasteiger partial charge < -0.3 is 4.74 Å². The number of aliphatic imine (C=N–C) groups is 1. The van der Waals surface area contributed by atoms with Crippen LogP contribution in [-0.4, -0.2) is 24.3 Å². The summed E-state index contributed by atoms with van der Waals surface area (Å²) in [5.74, 6) is 0.628. The van der Waals surface area contributed by atoms with Crippen molar-refractivity contribution in [3.63, 3.8) is 0 Å². The van der Waals surface area contributed by atoms with E-state index in [9.17, 15) is 4.79 Å². The Morgan fingerprint density at radius 3 is 2.87 bits per heavy atom. The molecule has 0 amide bonds. The summed E-state index contributed by atoms with van der Waals surface area (Å²) in [6, 6.07) is 7.27. The summed E-state index contributed by atoms with van der Waals surface area (Å²) in [5.41, 5.74) is 1.35. The second kappa shape index (κ2) is 3.50. The molecule has 78 valence electrons. The first-order chi connectivity index (χ1) is 7.11. The number of hydrogen-bond acceptors (Lipinski definition) is 3. The van der Waals surface area contributed by atoms with Crippen molar-refractivity contribution in [2.45, 2.75) is 19.4 Å². The van der Waals surface area contributed by atoms with Gasteiger partial charge in [-0.3, -0.25) is 4.79 Å². The molecule has 1 aromatic carbocycles. The lowest BCUT2D eigenvalue weighted by Crippen LogP contribution is -2.17. The fourth-order valence-electron chi connectivity index (χ4n) is 1.48. The van der Waals surface area contributed by atoms with Gasteiger partial charge >= 0.3 is 0 Å². The summed E-state index contributed by atoms with van der Waals surface area (Å²) in [4.78, 5) is 15.1. The van der Waals surface area contributed by atoms with Gasteiger partial charge in [-0.15, -0.1) is 0 Å². The molecule has 3 heteroatoms. The molecule has 0 radical (unpaired) electrons. The molecule has 0 N–H and O–H groups in total. The van der Waals surface area contributed by atoms with Crippen molar-refractivity contribution in [2.24, 2.45) is 4.99 Å². The van der Waals surface area contributed by atoms with Crippen molar-refractivity contribution < 1.29 is 9.53 Å².